The molecule has 0 bridgehead atoms. The van der Waals surface area contributed by atoms with E-state index in [1.54, 1.807) is 13.8 Å². The van der Waals surface area contributed by atoms with Crippen molar-refractivity contribution in [2.45, 2.75) is 78.1 Å². The van der Waals surface area contributed by atoms with Crippen molar-refractivity contribution in [1.82, 2.24) is 0 Å². The van der Waals surface area contributed by atoms with Crippen molar-refractivity contribution in [2.75, 3.05) is 0 Å². The van der Waals surface area contributed by atoms with Crippen LogP contribution in [0.2, 0.25) is 0 Å². The molecular formula is C22H32O4. The van der Waals surface area contributed by atoms with Gasteiger partial charge in [0, 0.05) is 0 Å². The molecule has 2 N–H and O–H groups in total. The molecule has 1 aromatic carbocycles. The van der Waals surface area contributed by atoms with Crippen molar-refractivity contribution < 1.29 is 19.8 Å². The maximum atomic E-state index is 11.2. The van der Waals surface area contributed by atoms with Gasteiger partial charge in [-0.15, -0.1) is 0 Å². The molecule has 4 heteroatoms. The Morgan fingerprint density at radius 1 is 1.00 bits per heavy atom. The quantitative estimate of drug-likeness (QED) is 0.509. The zero-order valence-electron chi connectivity index (χ0n) is 16.1. The Labute approximate surface area is 156 Å². The van der Waals surface area contributed by atoms with Gasteiger partial charge in [-0.25, -0.2) is 0 Å². The number of hydrogen-bond acceptors (Lipinski definition) is 2. The monoisotopic (exact) mass is 360 g/mol. The highest BCUT2D eigenvalue weighted by Gasteiger charge is 2.49. The second-order valence-corrected chi connectivity index (χ2v) is 8.51. The summed E-state index contributed by atoms with van der Waals surface area (Å²) in [5.74, 6) is -1.35. The third kappa shape index (κ3) is 5.86. The maximum absolute atomic E-state index is 11.2. The lowest BCUT2D eigenvalue weighted by Gasteiger charge is -2.18. The summed E-state index contributed by atoms with van der Waals surface area (Å²) < 4.78 is 0. The number of carboxylic acids is 2. The molecule has 0 spiro atoms. The number of aliphatic carboxylic acids is 2. The first-order chi connectivity index (χ1) is 12.3. The standard InChI is InChI=1S/C22H32O4/c1-21(2,19(23)24)12-5-3-8-17-10-7-11-18(16-17)9-4-6-13-22(14-15-22)20(25)26/h7,10-11,16H,3-6,8-9,12-15H2,1-2H3,(H,23,24)(H,25,26). The summed E-state index contributed by atoms with van der Waals surface area (Å²) in [7, 11) is 0. The zero-order chi connectivity index (χ0) is 19.2. The molecule has 2 rings (SSSR count). The second kappa shape index (κ2) is 8.70. The summed E-state index contributed by atoms with van der Waals surface area (Å²) in [6.07, 6.45) is 9.09. The highest BCUT2D eigenvalue weighted by molar-refractivity contribution is 5.77. The maximum Gasteiger partial charge on any atom is 0.309 e. The van der Waals surface area contributed by atoms with E-state index in [2.05, 4.69) is 24.3 Å². The van der Waals surface area contributed by atoms with Gasteiger partial charge in [-0.05, 0) is 76.3 Å². The van der Waals surface area contributed by atoms with E-state index in [0.29, 0.717) is 6.42 Å². The van der Waals surface area contributed by atoms with Gasteiger partial charge in [0.15, 0.2) is 0 Å². The summed E-state index contributed by atoms with van der Waals surface area (Å²) in [4.78, 5) is 22.3. The van der Waals surface area contributed by atoms with Crippen LogP contribution in [0.5, 0.6) is 0 Å². The number of unbranched alkanes of at least 4 members (excludes halogenated alkanes) is 2. The van der Waals surface area contributed by atoms with Crippen molar-refractivity contribution in [3.63, 3.8) is 0 Å². The number of carboxylic acid groups (broad SMARTS) is 2. The Kier molecular flexibility index (Phi) is 6.85. The van der Waals surface area contributed by atoms with Crippen LogP contribution in [-0.4, -0.2) is 22.2 Å². The third-order valence-electron chi connectivity index (χ3n) is 5.77. The number of aryl methyl sites for hydroxylation is 2. The van der Waals surface area contributed by atoms with Crippen LogP contribution in [0.25, 0.3) is 0 Å². The molecule has 0 aromatic heterocycles. The van der Waals surface area contributed by atoms with Crippen molar-refractivity contribution in [2.24, 2.45) is 10.8 Å². The van der Waals surface area contributed by atoms with Crippen LogP contribution in [-0.2, 0) is 22.4 Å². The predicted molar refractivity (Wildman–Crippen MR) is 102 cm³/mol. The van der Waals surface area contributed by atoms with Gasteiger partial charge >= 0.3 is 11.9 Å². The van der Waals surface area contributed by atoms with E-state index in [1.165, 1.54) is 11.1 Å². The van der Waals surface area contributed by atoms with Crippen LogP contribution < -0.4 is 0 Å². The molecule has 1 aliphatic rings. The zero-order valence-corrected chi connectivity index (χ0v) is 16.1. The molecule has 0 heterocycles. The molecule has 26 heavy (non-hydrogen) atoms. The molecule has 4 nitrogen and oxygen atoms in total. The highest BCUT2D eigenvalue weighted by atomic mass is 16.4. The molecular weight excluding hydrogens is 328 g/mol. The lowest BCUT2D eigenvalue weighted by Crippen LogP contribution is -2.23. The van der Waals surface area contributed by atoms with Crippen LogP contribution in [0.4, 0.5) is 0 Å². The summed E-state index contributed by atoms with van der Waals surface area (Å²) in [5, 5.41) is 18.4. The van der Waals surface area contributed by atoms with Crippen LogP contribution in [0.1, 0.15) is 76.3 Å². The van der Waals surface area contributed by atoms with Gasteiger partial charge in [0.25, 0.3) is 0 Å². The Hall–Kier alpha value is -1.84. The van der Waals surface area contributed by atoms with E-state index in [-0.39, 0.29) is 0 Å². The van der Waals surface area contributed by atoms with Gasteiger partial charge in [-0.2, -0.15) is 0 Å². The minimum absolute atomic E-state index is 0.397. The molecule has 0 radical (unpaired) electrons. The molecule has 0 aliphatic heterocycles. The molecule has 144 valence electrons. The van der Waals surface area contributed by atoms with Gasteiger partial charge in [0.1, 0.15) is 0 Å². The Bertz CT molecular complexity index is 590. The van der Waals surface area contributed by atoms with E-state index in [0.717, 1.165) is 57.8 Å². The summed E-state index contributed by atoms with van der Waals surface area (Å²) in [5.41, 5.74) is 1.58. The number of carbonyl (C=O) groups is 2. The largest absolute Gasteiger partial charge is 0.481 e. The van der Waals surface area contributed by atoms with Crippen LogP contribution >= 0.6 is 0 Å². The van der Waals surface area contributed by atoms with Gasteiger partial charge in [-0.1, -0.05) is 37.1 Å². The van der Waals surface area contributed by atoms with Crippen molar-refractivity contribution >= 4 is 11.9 Å². The summed E-state index contributed by atoms with van der Waals surface area (Å²) in [6, 6.07) is 8.61. The average Bonchev–Trinajstić information content (AvgIpc) is 3.37. The minimum Gasteiger partial charge on any atom is -0.481 e. The van der Waals surface area contributed by atoms with E-state index in [4.69, 9.17) is 5.11 Å². The Morgan fingerprint density at radius 2 is 1.58 bits per heavy atom. The second-order valence-electron chi connectivity index (χ2n) is 8.51. The average molecular weight is 360 g/mol. The van der Waals surface area contributed by atoms with Gasteiger partial charge in [0.2, 0.25) is 0 Å². The fraction of sp³-hybridized carbons (Fsp3) is 0.636. The van der Waals surface area contributed by atoms with Gasteiger partial charge in [-0.3, -0.25) is 9.59 Å². The highest BCUT2D eigenvalue weighted by Crippen LogP contribution is 2.50. The normalized spacial score (nSPS) is 15.6. The molecule has 0 unspecified atom stereocenters. The first kappa shape index (κ1) is 20.5. The van der Waals surface area contributed by atoms with E-state index in [9.17, 15) is 14.7 Å². The molecule has 1 aliphatic carbocycles. The fourth-order valence-corrected chi connectivity index (χ4v) is 3.46. The van der Waals surface area contributed by atoms with Crippen molar-refractivity contribution in [3.05, 3.63) is 35.4 Å². The van der Waals surface area contributed by atoms with E-state index >= 15 is 0 Å². The minimum atomic E-state index is -0.727. The molecule has 0 saturated heterocycles. The molecule has 1 saturated carbocycles. The van der Waals surface area contributed by atoms with Crippen molar-refractivity contribution in [3.8, 4) is 0 Å². The summed E-state index contributed by atoms with van der Waals surface area (Å²) >= 11 is 0. The van der Waals surface area contributed by atoms with Crippen LogP contribution in [0.15, 0.2) is 24.3 Å². The lowest BCUT2D eigenvalue weighted by atomic mass is 9.87. The smallest absolute Gasteiger partial charge is 0.309 e. The number of benzene rings is 1. The summed E-state index contributed by atoms with van der Waals surface area (Å²) in [6.45, 7) is 3.57. The van der Waals surface area contributed by atoms with Gasteiger partial charge < -0.3 is 10.2 Å². The topological polar surface area (TPSA) is 74.6 Å². The van der Waals surface area contributed by atoms with Crippen LogP contribution in [0.3, 0.4) is 0 Å². The van der Waals surface area contributed by atoms with Crippen LogP contribution in [0, 0.1) is 10.8 Å². The number of rotatable bonds is 12. The van der Waals surface area contributed by atoms with Gasteiger partial charge in [0.05, 0.1) is 10.8 Å². The Balaban J connectivity index is 1.69. The lowest BCUT2D eigenvalue weighted by molar-refractivity contribution is -0.147. The number of hydrogen-bond donors (Lipinski definition) is 2. The predicted octanol–water partition coefficient (Wildman–Crippen LogP) is 5.09. The van der Waals surface area contributed by atoms with E-state index in [1.807, 2.05) is 0 Å². The first-order valence-electron chi connectivity index (χ1n) is 9.80. The van der Waals surface area contributed by atoms with E-state index < -0.39 is 22.8 Å². The third-order valence-corrected chi connectivity index (χ3v) is 5.77. The van der Waals surface area contributed by atoms with Crippen molar-refractivity contribution in [1.29, 1.82) is 0 Å². The first-order valence-corrected chi connectivity index (χ1v) is 9.80. The molecule has 1 aromatic rings. The Morgan fingerprint density at radius 3 is 2.08 bits per heavy atom. The molecule has 0 amide bonds. The molecule has 1 fully saturated rings. The molecule has 0 atom stereocenters. The fourth-order valence-electron chi connectivity index (χ4n) is 3.46. The SMILES string of the molecule is CC(C)(CCCCc1cccc(CCCCC2(C(=O)O)CC2)c1)C(=O)O.